The molecule has 4 aromatic rings. The summed E-state index contributed by atoms with van der Waals surface area (Å²) in [6.45, 7) is 7.78. The van der Waals surface area contributed by atoms with Crippen molar-refractivity contribution in [3.8, 4) is 0 Å². The third-order valence-electron chi connectivity index (χ3n) is 5.55. The second-order valence-corrected chi connectivity index (χ2v) is 8.80. The minimum atomic E-state index is -0.716. The topological polar surface area (TPSA) is 75.8 Å². The van der Waals surface area contributed by atoms with Crippen LogP contribution in [0.25, 0.3) is 22.1 Å². The lowest BCUT2D eigenvalue weighted by molar-refractivity contribution is 0.00578. The van der Waals surface area contributed by atoms with Gasteiger partial charge in [-0.1, -0.05) is 0 Å². The Morgan fingerprint density at radius 2 is 1.37 bits per heavy atom. The van der Waals surface area contributed by atoms with E-state index < -0.39 is 24.1 Å². The molecule has 0 radical (unpaired) electrons. The predicted octanol–water partition coefficient (Wildman–Crippen LogP) is 4.47. The summed E-state index contributed by atoms with van der Waals surface area (Å²) in [5.74, 6) is -0.747. The summed E-state index contributed by atoms with van der Waals surface area (Å²) in [4.78, 5) is 13.7. The van der Waals surface area contributed by atoms with E-state index in [2.05, 4.69) is 35.9 Å². The summed E-state index contributed by atoms with van der Waals surface area (Å²) in [5, 5.41) is 1.46. The molecular weight excluding hydrogens is 457 g/mol. The number of hydrogen-bond acceptors (Lipinski definition) is 4. The Hall–Kier alpha value is -2.30. The standard InChI is InChI=1S/C13H16BFN2O2.C7H4BrFN2/c1-12(2)13(3,4)19-14(18-12)10-8-5-6-16-11(8)17-7-9(10)15;8-6-4-1-2-10-7(4)11-3-5(6)9/h5-7H,1-4H3,(H,16,17);1-3H,(H,10,11). The monoisotopic (exact) mass is 476 g/mol. The number of H-pyrrole nitrogens is 2. The highest BCUT2D eigenvalue weighted by atomic mass is 79.9. The van der Waals surface area contributed by atoms with Crippen molar-refractivity contribution in [2.45, 2.75) is 38.9 Å². The summed E-state index contributed by atoms with van der Waals surface area (Å²) < 4.78 is 39.2. The van der Waals surface area contributed by atoms with Gasteiger partial charge in [-0.15, -0.1) is 0 Å². The van der Waals surface area contributed by atoms with Crippen LogP contribution in [0.2, 0.25) is 0 Å². The maximum atomic E-state index is 14.1. The Morgan fingerprint density at radius 1 is 0.867 bits per heavy atom. The zero-order valence-corrected chi connectivity index (χ0v) is 18.5. The number of aromatic nitrogens is 4. The van der Waals surface area contributed by atoms with Gasteiger partial charge in [-0.3, -0.25) is 0 Å². The summed E-state index contributed by atoms with van der Waals surface area (Å²) in [5.41, 5.74) is 0.751. The van der Waals surface area contributed by atoms with Crippen molar-refractivity contribution in [1.29, 1.82) is 0 Å². The van der Waals surface area contributed by atoms with Crippen LogP contribution in [-0.2, 0) is 9.31 Å². The van der Waals surface area contributed by atoms with Crippen molar-refractivity contribution in [2.24, 2.45) is 0 Å². The Morgan fingerprint density at radius 3 is 1.97 bits per heavy atom. The van der Waals surface area contributed by atoms with E-state index in [4.69, 9.17) is 9.31 Å². The van der Waals surface area contributed by atoms with Crippen molar-refractivity contribution in [1.82, 2.24) is 19.9 Å². The van der Waals surface area contributed by atoms with Gasteiger partial charge in [0.25, 0.3) is 0 Å². The van der Waals surface area contributed by atoms with Crippen LogP contribution in [0.15, 0.2) is 41.4 Å². The molecule has 0 atom stereocenters. The van der Waals surface area contributed by atoms with Crippen LogP contribution in [0.5, 0.6) is 0 Å². The molecule has 156 valence electrons. The molecule has 5 rings (SSSR count). The zero-order valence-electron chi connectivity index (χ0n) is 16.9. The molecule has 0 saturated carbocycles. The first-order chi connectivity index (χ1) is 14.1. The first-order valence-corrected chi connectivity index (χ1v) is 10.1. The fraction of sp³-hybridized carbons (Fsp3) is 0.300. The van der Waals surface area contributed by atoms with E-state index in [1.165, 1.54) is 12.4 Å². The number of halogens is 3. The van der Waals surface area contributed by atoms with Gasteiger partial charge in [-0.05, 0) is 55.8 Å². The quantitative estimate of drug-likeness (QED) is 0.397. The minimum Gasteiger partial charge on any atom is -0.399 e. The van der Waals surface area contributed by atoms with E-state index in [1.807, 2.05) is 27.7 Å². The number of nitrogens with zero attached hydrogens (tertiary/aromatic N) is 2. The van der Waals surface area contributed by atoms with Crippen LogP contribution in [0.1, 0.15) is 27.7 Å². The number of hydrogen-bond donors (Lipinski definition) is 2. The van der Waals surface area contributed by atoms with Crippen LogP contribution in [-0.4, -0.2) is 38.3 Å². The Balaban J connectivity index is 0.000000168. The van der Waals surface area contributed by atoms with Gasteiger partial charge in [0.1, 0.15) is 17.1 Å². The van der Waals surface area contributed by atoms with Gasteiger partial charge >= 0.3 is 7.12 Å². The van der Waals surface area contributed by atoms with E-state index in [-0.39, 0.29) is 5.82 Å². The number of pyridine rings is 2. The molecule has 0 spiro atoms. The highest BCUT2D eigenvalue weighted by Gasteiger charge is 2.53. The fourth-order valence-electron chi connectivity index (χ4n) is 3.16. The van der Waals surface area contributed by atoms with E-state index >= 15 is 0 Å². The van der Waals surface area contributed by atoms with E-state index in [9.17, 15) is 8.78 Å². The molecule has 4 aromatic heterocycles. The summed E-state index contributed by atoms with van der Waals surface area (Å²) in [7, 11) is -0.716. The molecule has 6 nitrogen and oxygen atoms in total. The second-order valence-electron chi connectivity index (χ2n) is 8.01. The Kier molecular flexibility index (Phi) is 5.20. The number of nitrogens with one attached hydrogen (secondary N) is 2. The molecule has 2 N–H and O–H groups in total. The molecule has 10 heteroatoms. The van der Waals surface area contributed by atoms with Gasteiger partial charge in [0.2, 0.25) is 0 Å². The van der Waals surface area contributed by atoms with Crippen molar-refractivity contribution >= 4 is 50.6 Å². The van der Waals surface area contributed by atoms with Crippen molar-refractivity contribution < 1.29 is 18.1 Å². The predicted molar refractivity (Wildman–Crippen MR) is 116 cm³/mol. The molecule has 1 aliphatic rings. The average molecular weight is 477 g/mol. The van der Waals surface area contributed by atoms with Crippen LogP contribution >= 0.6 is 15.9 Å². The van der Waals surface area contributed by atoms with Gasteiger partial charge < -0.3 is 19.3 Å². The molecule has 1 aliphatic heterocycles. The Labute approximate surface area is 180 Å². The summed E-state index contributed by atoms with van der Waals surface area (Å²) >= 11 is 3.12. The molecule has 0 unspecified atom stereocenters. The van der Waals surface area contributed by atoms with Crippen molar-refractivity contribution in [3.63, 3.8) is 0 Å². The van der Waals surface area contributed by atoms with Gasteiger partial charge in [-0.2, -0.15) is 0 Å². The van der Waals surface area contributed by atoms with Gasteiger partial charge in [-0.25, -0.2) is 18.7 Å². The van der Waals surface area contributed by atoms with Gasteiger partial charge in [0.15, 0.2) is 5.82 Å². The maximum Gasteiger partial charge on any atom is 0.498 e. The van der Waals surface area contributed by atoms with Gasteiger partial charge in [0.05, 0.1) is 28.1 Å². The molecule has 0 bridgehead atoms. The molecular formula is C20H20BBrF2N4O2. The van der Waals surface area contributed by atoms with Crippen LogP contribution < -0.4 is 5.46 Å². The highest BCUT2D eigenvalue weighted by Crippen LogP contribution is 2.37. The number of fused-ring (bicyclic) bond motifs is 2. The van der Waals surface area contributed by atoms with Gasteiger partial charge in [0, 0.05) is 28.6 Å². The molecule has 30 heavy (non-hydrogen) atoms. The molecule has 0 amide bonds. The average Bonchev–Trinajstić information content (AvgIpc) is 3.37. The SMILES string of the molecule is CC1(C)OB(c2c(F)cnc3[nH]ccc23)OC1(C)C.Fc1cnc2[nH]ccc2c1Br. The number of rotatable bonds is 1. The van der Waals surface area contributed by atoms with Crippen LogP contribution in [0.3, 0.4) is 0 Å². The molecule has 5 heterocycles. The van der Waals surface area contributed by atoms with E-state index in [0.717, 1.165) is 5.39 Å². The van der Waals surface area contributed by atoms with E-state index in [1.54, 1.807) is 24.5 Å². The minimum absolute atomic E-state index is 0.336. The summed E-state index contributed by atoms with van der Waals surface area (Å²) in [6.07, 6.45) is 5.83. The number of aromatic amines is 2. The second kappa shape index (κ2) is 7.44. The first-order valence-electron chi connectivity index (χ1n) is 9.35. The maximum absolute atomic E-state index is 14.1. The fourth-order valence-corrected chi connectivity index (χ4v) is 3.58. The van der Waals surface area contributed by atoms with E-state index in [0.29, 0.717) is 26.6 Å². The van der Waals surface area contributed by atoms with Crippen LogP contribution in [0, 0.1) is 11.6 Å². The van der Waals surface area contributed by atoms with Crippen LogP contribution in [0.4, 0.5) is 8.78 Å². The normalized spacial score (nSPS) is 17.4. The molecule has 1 fully saturated rings. The lowest BCUT2D eigenvalue weighted by Gasteiger charge is -2.32. The molecule has 0 aromatic carbocycles. The molecule has 0 aliphatic carbocycles. The Bertz CT molecular complexity index is 1210. The van der Waals surface area contributed by atoms with Crippen molar-refractivity contribution in [3.05, 3.63) is 53.0 Å². The third-order valence-corrected chi connectivity index (χ3v) is 6.35. The largest absolute Gasteiger partial charge is 0.498 e. The highest BCUT2D eigenvalue weighted by molar-refractivity contribution is 9.10. The smallest absolute Gasteiger partial charge is 0.399 e. The first kappa shape index (κ1) is 21.0. The summed E-state index contributed by atoms with van der Waals surface area (Å²) in [6, 6.07) is 3.56. The zero-order chi connectivity index (χ0) is 21.7. The lowest BCUT2D eigenvalue weighted by Crippen LogP contribution is -2.41. The third kappa shape index (κ3) is 3.53. The molecule has 1 saturated heterocycles. The van der Waals surface area contributed by atoms with Crippen molar-refractivity contribution in [2.75, 3.05) is 0 Å². The lowest BCUT2D eigenvalue weighted by atomic mass is 9.77.